The van der Waals surface area contributed by atoms with Crippen molar-refractivity contribution in [3.63, 3.8) is 0 Å². The highest BCUT2D eigenvalue weighted by Gasteiger charge is 2.29. The number of aromatic nitrogens is 1. The summed E-state index contributed by atoms with van der Waals surface area (Å²) in [4.78, 5) is 19.5. The zero-order valence-electron chi connectivity index (χ0n) is 13.2. The molecular weight excluding hydrogens is 315 g/mol. The molecule has 122 valence electrons. The predicted molar refractivity (Wildman–Crippen MR) is 87.2 cm³/mol. The van der Waals surface area contributed by atoms with Crippen molar-refractivity contribution in [2.24, 2.45) is 0 Å². The van der Waals surface area contributed by atoms with E-state index in [1.54, 1.807) is 18.3 Å². The Labute approximate surface area is 138 Å². The Morgan fingerprint density at radius 3 is 2.87 bits per heavy atom. The third kappa shape index (κ3) is 3.76. The van der Waals surface area contributed by atoms with Crippen molar-refractivity contribution in [2.45, 2.75) is 32.4 Å². The maximum absolute atomic E-state index is 12.9. The molecule has 2 aromatic rings. The van der Waals surface area contributed by atoms with Crippen molar-refractivity contribution in [2.75, 3.05) is 13.2 Å². The fraction of sp³-hybridized carbons (Fsp3) is 0.412. The number of carbonyl (C=O) groups is 1. The zero-order valence-corrected chi connectivity index (χ0v) is 14.0. The Hall–Kier alpha value is -1.79. The second-order valence-corrected chi connectivity index (χ2v) is 6.99. The Balaban J connectivity index is 1.70. The van der Waals surface area contributed by atoms with Crippen LogP contribution in [0.4, 0.5) is 4.39 Å². The van der Waals surface area contributed by atoms with Crippen LogP contribution >= 0.6 is 11.3 Å². The lowest BCUT2D eigenvalue weighted by Crippen LogP contribution is -2.50. The van der Waals surface area contributed by atoms with Gasteiger partial charge in [-0.1, -0.05) is 12.1 Å². The molecule has 4 nitrogen and oxygen atoms in total. The normalized spacial score (nSPS) is 21.4. The number of thiazole rings is 1. The first-order valence-electron chi connectivity index (χ1n) is 7.64. The molecule has 2 heterocycles. The summed E-state index contributed by atoms with van der Waals surface area (Å²) >= 11 is 1.40. The van der Waals surface area contributed by atoms with Crippen LogP contribution in [0.25, 0.3) is 0 Å². The highest BCUT2D eigenvalue weighted by atomic mass is 32.1. The fourth-order valence-corrected chi connectivity index (χ4v) is 3.50. The van der Waals surface area contributed by atoms with Gasteiger partial charge in [-0.3, -0.25) is 4.79 Å². The van der Waals surface area contributed by atoms with E-state index in [-0.39, 0.29) is 23.9 Å². The van der Waals surface area contributed by atoms with E-state index in [2.05, 4.69) is 4.98 Å². The minimum Gasteiger partial charge on any atom is -0.375 e. The smallest absolute Gasteiger partial charge is 0.265 e. The molecule has 0 N–H and O–H groups in total. The number of nitrogens with zero attached hydrogens (tertiary/aromatic N) is 2. The molecule has 1 aliphatic heterocycles. The zero-order chi connectivity index (χ0) is 16.4. The van der Waals surface area contributed by atoms with Gasteiger partial charge in [0.05, 0.1) is 30.0 Å². The first-order valence-corrected chi connectivity index (χ1v) is 8.46. The van der Waals surface area contributed by atoms with Crippen LogP contribution in [0, 0.1) is 5.82 Å². The molecule has 3 rings (SSSR count). The first-order chi connectivity index (χ1) is 11.0. The highest BCUT2D eigenvalue weighted by Crippen LogP contribution is 2.21. The van der Waals surface area contributed by atoms with Gasteiger partial charge in [0.2, 0.25) is 0 Å². The second-order valence-electron chi connectivity index (χ2n) is 5.87. The van der Waals surface area contributed by atoms with Crippen LogP contribution in [0.3, 0.4) is 0 Å². The van der Waals surface area contributed by atoms with Crippen LogP contribution in [0.5, 0.6) is 0 Å². The van der Waals surface area contributed by atoms with Crippen molar-refractivity contribution >= 4 is 17.2 Å². The van der Waals surface area contributed by atoms with Gasteiger partial charge in [-0.05, 0) is 31.5 Å². The minimum atomic E-state index is -0.251. The van der Waals surface area contributed by atoms with Gasteiger partial charge in [0.1, 0.15) is 10.7 Å². The number of hydrogen-bond donors (Lipinski definition) is 0. The molecule has 0 radical (unpaired) electrons. The van der Waals surface area contributed by atoms with Crippen molar-refractivity contribution in [3.8, 4) is 0 Å². The average Bonchev–Trinajstić information content (AvgIpc) is 3.00. The summed E-state index contributed by atoms with van der Waals surface area (Å²) in [5.74, 6) is -0.241. The molecule has 2 atom stereocenters. The van der Waals surface area contributed by atoms with E-state index in [9.17, 15) is 9.18 Å². The van der Waals surface area contributed by atoms with Gasteiger partial charge in [-0.25, -0.2) is 9.37 Å². The summed E-state index contributed by atoms with van der Waals surface area (Å²) in [5.41, 5.74) is 0.980. The van der Waals surface area contributed by atoms with Gasteiger partial charge in [-0.15, -0.1) is 11.3 Å². The van der Waals surface area contributed by atoms with E-state index in [0.29, 0.717) is 24.4 Å². The van der Waals surface area contributed by atoms with E-state index < -0.39 is 0 Å². The molecule has 1 fully saturated rings. The number of amides is 1. The summed E-state index contributed by atoms with van der Waals surface area (Å²) in [5, 5.41) is 0.855. The SMILES string of the molecule is C[C@@H]1CO[C@@H](C)CN1C(=O)c1cnc(Cc2ccc(F)cc2)s1. The van der Waals surface area contributed by atoms with Gasteiger partial charge < -0.3 is 9.64 Å². The molecule has 0 aliphatic carbocycles. The third-order valence-corrected chi connectivity index (χ3v) is 4.89. The lowest BCUT2D eigenvalue weighted by molar-refractivity contribution is -0.0385. The van der Waals surface area contributed by atoms with Gasteiger partial charge >= 0.3 is 0 Å². The molecule has 0 saturated carbocycles. The summed E-state index contributed by atoms with van der Waals surface area (Å²) in [6, 6.07) is 6.42. The second kappa shape index (κ2) is 6.76. The van der Waals surface area contributed by atoms with Crippen LogP contribution in [0.1, 0.15) is 34.1 Å². The largest absolute Gasteiger partial charge is 0.375 e. The summed E-state index contributed by atoms with van der Waals surface area (Å²) in [6.45, 7) is 5.13. The first kappa shape index (κ1) is 16.1. The Morgan fingerprint density at radius 1 is 1.39 bits per heavy atom. The maximum Gasteiger partial charge on any atom is 0.265 e. The number of benzene rings is 1. The van der Waals surface area contributed by atoms with Gasteiger partial charge in [0.15, 0.2) is 0 Å². The van der Waals surface area contributed by atoms with Crippen molar-refractivity contribution in [1.82, 2.24) is 9.88 Å². The lowest BCUT2D eigenvalue weighted by Gasteiger charge is -2.36. The number of ether oxygens (including phenoxy) is 1. The average molecular weight is 334 g/mol. The van der Waals surface area contributed by atoms with E-state index in [1.165, 1.54) is 23.5 Å². The number of rotatable bonds is 3. The van der Waals surface area contributed by atoms with E-state index in [0.717, 1.165) is 10.6 Å². The molecule has 1 saturated heterocycles. The molecule has 0 spiro atoms. The van der Waals surface area contributed by atoms with Crippen molar-refractivity contribution in [3.05, 3.63) is 51.7 Å². The maximum atomic E-state index is 12.9. The Bertz CT molecular complexity index is 686. The van der Waals surface area contributed by atoms with Crippen molar-refractivity contribution in [1.29, 1.82) is 0 Å². The van der Waals surface area contributed by atoms with Crippen LogP contribution in [0.15, 0.2) is 30.5 Å². The predicted octanol–water partition coefficient (Wildman–Crippen LogP) is 3.12. The van der Waals surface area contributed by atoms with Crippen molar-refractivity contribution < 1.29 is 13.9 Å². The Morgan fingerprint density at radius 2 is 2.13 bits per heavy atom. The molecule has 23 heavy (non-hydrogen) atoms. The topological polar surface area (TPSA) is 42.4 Å². The van der Waals surface area contributed by atoms with E-state index >= 15 is 0 Å². The lowest BCUT2D eigenvalue weighted by atomic mass is 10.2. The number of hydrogen-bond acceptors (Lipinski definition) is 4. The molecule has 1 aromatic carbocycles. The van der Waals surface area contributed by atoms with Crippen LogP contribution in [-0.4, -0.2) is 41.1 Å². The summed E-state index contributed by atoms with van der Waals surface area (Å²) in [7, 11) is 0. The molecule has 6 heteroatoms. The molecule has 0 unspecified atom stereocenters. The highest BCUT2D eigenvalue weighted by molar-refractivity contribution is 7.13. The molecule has 1 aromatic heterocycles. The summed E-state index contributed by atoms with van der Waals surface area (Å²) < 4.78 is 18.5. The van der Waals surface area contributed by atoms with Crippen LogP contribution in [0.2, 0.25) is 0 Å². The minimum absolute atomic E-state index is 0.00973. The monoisotopic (exact) mass is 334 g/mol. The number of morpholine rings is 1. The van der Waals surface area contributed by atoms with E-state index in [4.69, 9.17) is 4.74 Å². The number of halogens is 1. The molecule has 0 bridgehead atoms. The summed E-state index contributed by atoms with van der Waals surface area (Å²) in [6.07, 6.45) is 2.30. The molecular formula is C17H19FN2O2S. The van der Waals surface area contributed by atoms with Gasteiger partial charge in [0, 0.05) is 13.0 Å². The van der Waals surface area contributed by atoms with Crippen LogP contribution in [-0.2, 0) is 11.2 Å². The fourth-order valence-electron chi connectivity index (χ4n) is 2.60. The molecule has 1 aliphatic rings. The van der Waals surface area contributed by atoms with Gasteiger partial charge in [0.25, 0.3) is 5.91 Å². The third-order valence-electron chi connectivity index (χ3n) is 3.90. The number of carbonyl (C=O) groups excluding carboxylic acids is 1. The quantitative estimate of drug-likeness (QED) is 0.866. The van der Waals surface area contributed by atoms with Gasteiger partial charge in [-0.2, -0.15) is 0 Å². The standard InChI is InChI=1S/C17H19FN2O2S/c1-11-10-22-12(2)9-20(11)17(21)15-8-19-16(23-15)7-13-3-5-14(18)6-4-13/h3-6,8,11-12H,7,9-10H2,1-2H3/t11-,12+/m1/s1. The van der Waals surface area contributed by atoms with Crippen LogP contribution < -0.4 is 0 Å². The molecule has 1 amide bonds. The Kier molecular flexibility index (Phi) is 4.73. The van der Waals surface area contributed by atoms with E-state index in [1.807, 2.05) is 18.7 Å².